The third-order valence-corrected chi connectivity index (χ3v) is 2.27. The summed E-state index contributed by atoms with van der Waals surface area (Å²) in [7, 11) is 1.83. The van der Waals surface area contributed by atoms with Gasteiger partial charge < -0.3 is 10.6 Å². The van der Waals surface area contributed by atoms with Gasteiger partial charge in [-0.05, 0) is 36.7 Å². The Kier molecular flexibility index (Phi) is 3.31. The number of nitrogens with zero attached hydrogens (tertiary/aromatic N) is 2. The number of hydrogen-bond donors (Lipinski definition) is 2. The molecule has 2 N–H and O–H groups in total. The number of hydrogen-bond acceptors (Lipinski definition) is 4. The van der Waals surface area contributed by atoms with Gasteiger partial charge in [0.25, 0.3) is 0 Å². The van der Waals surface area contributed by atoms with Crippen LogP contribution >= 0.6 is 15.9 Å². The first kappa shape index (κ1) is 11.2. The molecule has 0 unspecified atom stereocenters. The molecule has 0 atom stereocenters. The summed E-state index contributed by atoms with van der Waals surface area (Å²) in [5, 5.41) is 6.27. The van der Waals surface area contributed by atoms with Crippen LogP contribution < -0.4 is 10.6 Å². The van der Waals surface area contributed by atoms with Gasteiger partial charge in [-0.25, -0.2) is 9.97 Å². The van der Waals surface area contributed by atoms with Crippen LogP contribution in [-0.2, 0) is 0 Å². The zero-order chi connectivity index (χ0) is 10.8. The minimum absolute atomic E-state index is 0.0120. The van der Waals surface area contributed by atoms with Gasteiger partial charge >= 0.3 is 0 Å². The van der Waals surface area contributed by atoms with Gasteiger partial charge in [0.2, 0.25) is 0 Å². The normalized spacial score (nSPS) is 11.2. The Balaban J connectivity index is 2.98. The monoisotopic (exact) mass is 258 g/mol. The largest absolute Gasteiger partial charge is 0.372 e. The van der Waals surface area contributed by atoms with Crippen LogP contribution in [0.2, 0.25) is 0 Å². The molecule has 0 radical (unpaired) electrons. The summed E-state index contributed by atoms with van der Waals surface area (Å²) in [6.45, 7) is 6.25. The Hall–Kier alpha value is -0.840. The molecule has 4 nitrogen and oxygen atoms in total. The maximum Gasteiger partial charge on any atom is 0.146 e. The SMILES string of the molecule is CNc1ncnc(NC(C)(C)C)c1Br. The fraction of sp³-hybridized carbons (Fsp3) is 0.556. The van der Waals surface area contributed by atoms with Gasteiger partial charge in [-0.15, -0.1) is 0 Å². The van der Waals surface area contributed by atoms with Crippen molar-refractivity contribution in [2.75, 3.05) is 17.7 Å². The van der Waals surface area contributed by atoms with Crippen molar-refractivity contribution in [3.05, 3.63) is 10.8 Å². The van der Waals surface area contributed by atoms with Crippen molar-refractivity contribution in [2.24, 2.45) is 0 Å². The lowest BCUT2D eigenvalue weighted by atomic mass is 10.1. The van der Waals surface area contributed by atoms with E-state index in [1.54, 1.807) is 0 Å². The first-order valence-corrected chi connectivity index (χ1v) is 5.20. The van der Waals surface area contributed by atoms with Crippen molar-refractivity contribution in [1.29, 1.82) is 0 Å². The number of rotatable bonds is 2. The standard InChI is InChI=1S/C9H15BrN4/c1-9(2,3)14-8-6(10)7(11-4)12-5-13-8/h5H,1-4H3,(H2,11,12,13,14). The molecule has 0 bridgehead atoms. The van der Waals surface area contributed by atoms with E-state index in [0.717, 1.165) is 16.1 Å². The highest BCUT2D eigenvalue weighted by atomic mass is 79.9. The first-order valence-electron chi connectivity index (χ1n) is 4.40. The van der Waals surface area contributed by atoms with Gasteiger partial charge in [0.15, 0.2) is 0 Å². The lowest BCUT2D eigenvalue weighted by Crippen LogP contribution is -2.27. The molecule has 78 valence electrons. The topological polar surface area (TPSA) is 49.8 Å². The number of anilines is 2. The minimum atomic E-state index is -0.0120. The smallest absolute Gasteiger partial charge is 0.146 e. The Morgan fingerprint density at radius 3 is 2.29 bits per heavy atom. The second-order valence-corrected chi connectivity index (χ2v) is 4.80. The van der Waals surface area contributed by atoms with Crippen LogP contribution in [0, 0.1) is 0 Å². The van der Waals surface area contributed by atoms with Crippen molar-refractivity contribution in [3.8, 4) is 0 Å². The molecule has 0 saturated carbocycles. The number of nitrogens with one attached hydrogen (secondary N) is 2. The summed E-state index contributed by atoms with van der Waals surface area (Å²) in [6, 6.07) is 0. The van der Waals surface area contributed by atoms with Gasteiger partial charge in [-0.2, -0.15) is 0 Å². The van der Waals surface area contributed by atoms with Crippen molar-refractivity contribution in [3.63, 3.8) is 0 Å². The molecule has 0 aliphatic heterocycles. The van der Waals surface area contributed by atoms with E-state index in [1.807, 2.05) is 7.05 Å². The van der Waals surface area contributed by atoms with E-state index in [1.165, 1.54) is 6.33 Å². The molecule has 1 rings (SSSR count). The number of aromatic nitrogens is 2. The molecule has 0 saturated heterocycles. The van der Waals surface area contributed by atoms with Crippen LogP contribution in [0.4, 0.5) is 11.6 Å². The molecule has 0 spiro atoms. The summed E-state index contributed by atoms with van der Waals surface area (Å²) < 4.78 is 0.859. The van der Waals surface area contributed by atoms with E-state index >= 15 is 0 Å². The van der Waals surface area contributed by atoms with Gasteiger partial charge in [-0.1, -0.05) is 0 Å². The molecule has 14 heavy (non-hydrogen) atoms. The third-order valence-electron chi connectivity index (χ3n) is 1.52. The quantitative estimate of drug-likeness (QED) is 0.856. The maximum atomic E-state index is 4.16. The minimum Gasteiger partial charge on any atom is -0.372 e. The van der Waals surface area contributed by atoms with E-state index in [2.05, 4.69) is 57.3 Å². The molecule has 0 aliphatic carbocycles. The molecular weight excluding hydrogens is 244 g/mol. The van der Waals surface area contributed by atoms with Gasteiger partial charge in [-0.3, -0.25) is 0 Å². The van der Waals surface area contributed by atoms with Crippen molar-refractivity contribution in [2.45, 2.75) is 26.3 Å². The molecule has 1 heterocycles. The van der Waals surface area contributed by atoms with Crippen LogP contribution in [0.15, 0.2) is 10.8 Å². The highest BCUT2D eigenvalue weighted by Gasteiger charge is 2.14. The Morgan fingerprint density at radius 2 is 1.79 bits per heavy atom. The van der Waals surface area contributed by atoms with Gasteiger partial charge in [0.1, 0.15) is 22.4 Å². The number of halogens is 1. The fourth-order valence-corrected chi connectivity index (χ4v) is 1.49. The zero-order valence-electron chi connectivity index (χ0n) is 8.85. The van der Waals surface area contributed by atoms with E-state index in [9.17, 15) is 0 Å². The van der Waals surface area contributed by atoms with Crippen LogP contribution in [0.25, 0.3) is 0 Å². The Bertz CT molecular complexity index is 319. The van der Waals surface area contributed by atoms with Crippen LogP contribution in [0.3, 0.4) is 0 Å². The summed E-state index contributed by atoms with van der Waals surface area (Å²) in [4.78, 5) is 8.24. The summed E-state index contributed by atoms with van der Waals surface area (Å²) in [5.74, 6) is 1.59. The lowest BCUT2D eigenvalue weighted by Gasteiger charge is -2.22. The zero-order valence-corrected chi connectivity index (χ0v) is 10.4. The van der Waals surface area contributed by atoms with Crippen LogP contribution in [0.5, 0.6) is 0 Å². The second kappa shape index (κ2) is 4.13. The maximum absolute atomic E-state index is 4.16. The highest BCUT2D eigenvalue weighted by Crippen LogP contribution is 2.27. The highest BCUT2D eigenvalue weighted by molar-refractivity contribution is 9.10. The summed E-state index contributed by atoms with van der Waals surface area (Å²) in [5.41, 5.74) is -0.0120. The summed E-state index contributed by atoms with van der Waals surface area (Å²) >= 11 is 3.44. The molecular formula is C9H15BrN4. The predicted octanol–water partition coefficient (Wildman–Crippen LogP) is 2.49. The van der Waals surface area contributed by atoms with Crippen LogP contribution in [-0.4, -0.2) is 22.6 Å². The van der Waals surface area contributed by atoms with E-state index in [0.29, 0.717) is 0 Å². The van der Waals surface area contributed by atoms with Gasteiger partial charge in [0, 0.05) is 12.6 Å². The van der Waals surface area contributed by atoms with E-state index in [4.69, 9.17) is 0 Å². The Labute approximate surface area is 92.7 Å². The second-order valence-electron chi connectivity index (χ2n) is 4.01. The molecule has 0 amide bonds. The van der Waals surface area contributed by atoms with E-state index < -0.39 is 0 Å². The van der Waals surface area contributed by atoms with Crippen molar-refractivity contribution < 1.29 is 0 Å². The third kappa shape index (κ3) is 2.83. The van der Waals surface area contributed by atoms with E-state index in [-0.39, 0.29) is 5.54 Å². The summed E-state index contributed by atoms with van der Waals surface area (Å²) in [6.07, 6.45) is 1.53. The molecule has 1 aromatic heterocycles. The average Bonchev–Trinajstić information content (AvgIpc) is 2.06. The molecule has 0 aromatic carbocycles. The van der Waals surface area contributed by atoms with Crippen molar-refractivity contribution >= 4 is 27.6 Å². The fourth-order valence-electron chi connectivity index (χ4n) is 0.986. The first-order chi connectivity index (χ1) is 6.44. The molecule has 5 heteroatoms. The lowest BCUT2D eigenvalue weighted by molar-refractivity contribution is 0.629. The molecule has 0 fully saturated rings. The van der Waals surface area contributed by atoms with Crippen LogP contribution in [0.1, 0.15) is 20.8 Å². The van der Waals surface area contributed by atoms with Gasteiger partial charge in [0.05, 0.1) is 0 Å². The Morgan fingerprint density at radius 1 is 1.21 bits per heavy atom. The van der Waals surface area contributed by atoms with Crippen molar-refractivity contribution in [1.82, 2.24) is 9.97 Å². The average molecular weight is 259 g/mol. The molecule has 0 aliphatic rings. The molecule has 1 aromatic rings. The predicted molar refractivity (Wildman–Crippen MR) is 62.7 cm³/mol.